The molecule has 32 heavy (non-hydrogen) atoms. The van der Waals surface area contributed by atoms with Crippen molar-refractivity contribution in [1.82, 2.24) is 10.2 Å². The number of rotatable bonds is 9. The van der Waals surface area contributed by atoms with E-state index in [-0.39, 0.29) is 24.4 Å². The number of carbonyl (C=O) groups excluding carboxylic acids is 2. The summed E-state index contributed by atoms with van der Waals surface area (Å²) in [6.45, 7) is 2.89. The maximum Gasteiger partial charge on any atom is 0.255 e. The van der Waals surface area contributed by atoms with Crippen LogP contribution >= 0.6 is 11.6 Å². The quantitative estimate of drug-likeness (QED) is 0.486. The predicted molar refractivity (Wildman–Crippen MR) is 130 cm³/mol. The van der Waals surface area contributed by atoms with Crippen LogP contribution in [-0.4, -0.2) is 36.9 Å². The van der Waals surface area contributed by atoms with Gasteiger partial charge in [-0.05, 0) is 67.9 Å². The lowest BCUT2D eigenvalue weighted by molar-refractivity contribution is -0.122. The van der Waals surface area contributed by atoms with Gasteiger partial charge in [-0.2, -0.15) is 0 Å². The topological polar surface area (TPSA) is 61.4 Å². The fourth-order valence-electron chi connectivity index (χ4n) is 3.34. The maximum absolute atomic E-state index is 12.4. The van der Waals surface area contributed by atoms with Gasteiger partial charge in [0.1, 0.15) is 0 Å². The lowest BCUT2D eigenvalue weighted by Crippen LogP contribution is -2.37. The molecule has 0 heterocycles. The van der Waals surface area contributed by atoms with Gasteiger partial charge in [0.2, 0.25) is 5.91 Å². The van der Waals surface area contributed by atoms with Gasteiger partial charge in [0.15, 0.2) is 0 Å². The van der Waals surface area contributed by atoms with E-state index in [1.807, 2.05) is 85.6 Å². The number of benzene rings is 3. The van der Waals surface area contributed by atoms with Crippen LogP contribution in [-0.2, 0) is 11.2 Å². The molecule has 0 bridgehead atoms. The van der Waals surface area contributed by atoms with Crippen molar-refractivity contribution in [1.29, 1.82) is 0 Å². The molecule has 0 aromatic heterocycles. The van der Waals surface area contributed by atoms with Gasteiger partial charge in [-0.25, -0.2) is 0 Å². The maximum atomic E-state index is 12.4. The molecule has 0 saturated carbocycles. The van der Waals surface area contributed by atoms with Crippen molar-refractivity contribution in [2.75, 3.05) is 25.5 Å². The lowest BCUT2D eigenvalue weighted by Gasteiger charge is -2.25. The Hall–Kier alpha value is -3.15. The first-order valence-electron chi connectivity index (χ1n) is 10.6. The van der Waals surface area contributed by atoms with Crippen molar-refractivity contribution >= 4 is 29.1 Å². The number of nitrogens with one attached hydrogen (secondary N) is 2. The van der Waals surface area contributed by atoms with E-state index in [2.05, 4.69) is 10.6 Å². The molecule has 0 fully saturated rings. The molecule has 3 aromatic carbocycles. The van der Waals surface area contributed by atoms with Crippen molar-refractivity contribution < 1.29 is 9.59 Å². The Kier molecular flexibility index (Phi) is 8.42. The molecule has 6 heteroatoms. The van der Waals surface area contributed by atoms with Crippen LogP contribution in [0.2, 0.25) is 5.02 Å². The standard InChI is InChI=1S/C26H28ClN3O2/c1-19(30(2)18-25(31)28-16-15-20-11-13-23(27)14-12-20)22-9-6-10-24(17-22)29-26(32)21-7-4-3-5-8-21/h3-14,17,19H,15-16,18H2,1-2H3,(H,28,31)(H,29,32)/t19-/m1/s1. The SMILES string of the molecule is C[C@H](c1cccc(NC(=O)c2ccccc2)c1)N(C)CC(=O)NCCc1ccc(Cl)cc1. The first kappa shape index (κ1) is 23.5. The molecule has 0 aliphatic heterocycles. The van der Waals surface area contributed by atoms with E-state index < -0.39 is 0 Å². The summed E-state index contributed by atoms with van der Waals surface area (Å²) in [6, 6.07) is 24.5. The van der Waals surface area contributed by atoms with Gasteiger partial charge in [0.25, 0.3) is 5.91 Å². The highest BCUT2D eigenvalue weighted by Gasteiger charge is 2.16. The molecule has 0 unspecified atom stereocenters. The molecule has 0 saturated heterocycles. The molecule has 2 N–H and O–H groups in total. The van der Waals surface area contributed by atoms with Crippen LogP contribution in [0.3, 0.4) is 0 Å². The van der Waals surface area contributed by atoms with E-state index in [1.165, 1.54) is 0 Å². The predicted octanol–water partition coefficient (Wildman–Crippen LogP) is 4.94. The van der Waals surface area contributed by atoms with Crippen molar-refractivity contribution in [2.24, 2.45) is 0 Å². The van der Waals surface area contributed by atoms with Gasteiger partial charge in [-0.15, -0.1) is 0 Å². The fraction of sp³-hybridized carbons (Fsp3) is 0.231. The summed E-state index contributed by atoms with van der Waals surface area (Å²) in [7, 11) is 1.92. The van der Waals surface area contributed by atoms with Gasteiger partial charge in [-0.3, -0.25) is 14.5 Å². The molecule has 2 amide bonds. The molecule has 0 spiro atoms. The second kappa shape index (κ2) is 11.5. The van der Waals surface area contributed by atoms with Crippen LogP contribution in [0.4, 0.5) is 5.69 Å². The average Bonchev–Trinajstić information content (AvgIpc) is 2.80. The Bertz CT molecular complexity index is 1040. The minimum absolute atomic E-state index is 0.00518. The van der Waals surface area contributed by atoms with Crippen molar-refractivity contribution in [3.8, 4) is 0 Å². The summed E-state index contributed by atoms with van der Waals surface area (Å²) in [5.74, 6) is -0.175. The van der Waals surface area contributed by atoms with E-state index in [0.717, 1.165) is 23.2 Å². The number of anilines is 1. The van der Waals surface area contributed by atoms with E-state index in [1.54, 1.807) is 12.1 Å². The van der Waals surface area contributed by atoms with Crippen LogP contribution in [0, 0.1) is 0 Å². The Labute approximate surface area is 194 Å². The molecule has 3 rings (SSSR count). The van der Waals surface area contributed by atoms with Crippen LogP contribution < -0.4 is 10.6 Å². The van der Waals surface area contributed by atoms with E-state index in [4.69, 9.17) is 11.6 Å². The smallest absolute Gasteiger partial charge is 0.255 e. The molecule has 0 aliphatic carbocycles. The zero-order valence-electron chi connectivity index (χ0n) is 18.3. The minimum atomic E-state index is -0.149. The van der Waals surface area contributed by atoms with E-state index in [0.29, 0.717) is 17.1 Å². The summed E-state index contributed by atoms with van der Waals surface area (Å²) in [6.07, 6.45) is 0.755. The Morgan fingerprint density at radius 1 is 0.969 bits per heavy atom. The van der Waals surface area contributed by atoms with E-state index >= 15 is 0 Å². The number of hydrogen-bond acceptors (Lipinski definition) is 3. The van der Waals surface area contributed by atoms with Crippen molar-refractivity contribution in [3.63, 3.8) is 0 Å². The van der Waals surface area contributed by atoms with Crippen molar-refractivity contribution in [2.45, 2.75) is 19.4 Å². The summed E-state index contributed by atoms with van der Waals surface area (Å²) in [4.78, 5) is 26.8. The number of hydrogen-bond donors (Lipinski definition) is 2. The Morgan fingerprint density at radius 3 is 2.41 bits per heavy atom. The normalized spacial score (nSPS) is 11.8. The summed E-state index contributed by atoms with van der Waals surface area (Å²) in [5, 5.41) is 6.61. The summed E-state index contributed by atoms with van der Waals surface area (Å²) >= 11 is 5.90. The third kappa shape index (κ3) is 6.94. The molecule has 5 nitrogen and oxygen atoms in total. The number of nitrogens with zero attached hydrogens (tertiary/aromatic N) is 1. The second-order valence-corrected chi connectivity index (χ2v) is 8.20. The fourth-order valence-corrected chi connectivity index (χ4v) is 3.47. The molecule has 166 valence electrons. The molecular formula is C26H28ClN3O2. The number of amides is 2. The van der Waals surface area contributed by atoms with Crippen LogP contribution in [0.25, 0.3) is 0 Å². The highest BCUT2D eigenvalue weighted by atomic mass is 35.5. The Morgan fingerprint density at radius 2 is 1.69 bits per heavy atom. The highest BCUT2D eigenvalue weighted by Crippen LogP contribution is 2.22. The summed E-state index contributed by atoms with van der Waals surface area (Å²) in [5.41, 5.74) is 3.49. The van der Waals surface area contributed by atoms with Gasteiger partial charge >= 0.3 is 0 Å². The van der Waals surface area contributed by atoms with Gasteiger partial charge in [0.05, 0.1) is 6.54 Å². The number of carbonyl (C=O) groups is 2. The second-order valence-electron chi connectivity index (χ2n) is 7.76. The first-order chi connectivity index (χ1) is 15.4. The highest BCUT2D eigenvalue weighted by molar-refractivity contribution is 6.30. The largest absolute Gasteiger partial charge is 0.355 e. The zero-order chi connectivity index (χ0) is 22.9. The first-order valence-corrected chi connectivity index (χ1v) is 11.0. The monoisotopic (exact) mass is 449 g/mol. The Balaban J connectivity index is 1.50. The zero-order valence-corrected chi connectivity index (χ0v) is 19.1. The molecule has 3 aromatic rings. The third-order valence-electron chi connectivity index (χ3n) is 5.37. The van der Waals surface area contributed by atoms with Crippen LogP contribution in [0.15, 0.2) is 78.9 Å². The molecule has 0 aliphatic rings. The number of likely N-dealkylation sites (N-methyl/N-ethyl adjacent to an activating group) is 1. The number of halogens is 1. The van der Waals surface area contributed by atoms with Gasteiger partial charge < -0.3 is 10.6 Å². The van der Waals surface area contributed by atoms with Gasteiger partial charge in [-0.1, -0.05) is 54.1 Å². The van der Waals surface area contributed by atoms with Crippen LogP contribution in [0.1, 0.15) is 34.5 Å². The van der Waals surface area contributed by atoms with E-state index in [9.17, 15) is 9.59 Å². The van der Waals surface area contributed by atoms with Crippen LogP contribution in [0.5, 0.6) is 0 Å². The molecular weight excluding hydrogens is 422 g/mol. The molecule has 1 atom stereocenters. The third-order valence-corrected chi connectivity index (χ3v) is 5.62. The minimum Gasteiger partial charge on any atom is -0.355 e. The van der Waals surface area contributed by atoms with Gasteiger partial charge in [0, 0.05) is 28.9 Å². The average molecular weight is 450 g/mol. The molecule has 0 radical (unpaired) electrons. The lowest BCUT2D eigenvalue weighted by atomic mass is 10.1. The van der Waals surface area contributed by atoms with Crippen molar-refractivity contribution in [3.05, 3.63) is 101 Å². The summed E-state index contributed by atoms with van der Waals surface area (Å²) < 4.78 is 0.